The van der Waals surface area contributed by atoms with Gasteiger partial charge in [0, 0.05) is 11.8 Å². The van der Waals surface area contributed by atoms with Crippen molar-refractivity contribution in [1.29, 1.82) is 5.26 Å². The summed E-state index contributed by atoms with van der Waals surface area (Å²) >= 11 is 5.73. The van der Waals surface area contributed by atoms with Gasteiger partial charge in [-0.05, 0) is 11.6 Å². The largest absolute Gasteiger partial charge is 0.497 e. The molecule has 4 heteroatoms. The Morgan fingerprint density at radius 2 is 2.50 bits per heavy atom. The van der Waals surface area contributed by atoms with E-state index >= 15 is 0 Å². The van der Waals surface area contributed by atoms with Crippen LogP contribution in [0.2, 0.25) is 5.15 Å². The number of methoxy groups -OCH3 is 1. The molecule has 0 aliphatic rings. The van der Waals surface area contributed by atoms with Crippen LogP contribution in [0.25, 0.3) is 5.76 Å². The first-order valence-electron chi connectivity index (χ1n) is 3.93. The lowest BCUT2D eigenvalue weighted by molar-refractivity contribution is 0.371. The van der Waals surface area contributed by atoms with Crippen molar-refractivity contribution in [3.63, 3.8) is 0 Å². The van der Waals surface area contributed by atoms with Crippen LogP contribution >= 0.6 is 11.6 Å². The monoisotopic (exact) mass is 208 g/mol. The fourth-order valence-electron chi connectivity index (χ4n) is 1.05. The Morgan fingerprint density at radius 3 is 3.07 bits per heavy atom. The molecule has 0 saturated heterocycles. The van der Waals surface area contributed by atoms with Crippen LogP contribution in [0.1, 0.15) is 11.1 Å². The lowest BCUT2D eigenvalue weighted by Gasteiger charge is -2.08. The van der Waals surface area contributed by atoms with Gasteiger partial charge in [0.05, 0.1) is 19.6 Å². The Morgan fingerprint density at radius 1 is 1.79 bits per heavy atom. The smallest absolute Gasteiger partial charge is 0.129 e. The van der Waals surface area contributed by atoms with Gasteiger partial charge in [0.2, 0.25) is 0 Å². The summed E-state index contributed by atoms with van der Waals surface area (Å²) in [6, 6.07) is 3.68. The first kappa shape index (κ1) is 10.6. The van der Waals surface area contributed by atoms with Crippen LogP contribution in [0.5, 0.6) is 0 Å². The highest BCUT2D eigenvalue weighted by molar-refractivity contribution is 6.29. The third kappa shape index (κ3) is 2.24. The Bertz CT molecular complexity index is 396. The molecule has 1 aromatic heterocycles. The number of pyridine rings is 1. The van der Waals surface area contributed by atoms with Crippen LogP contribution in [-0.4, -0.2) is 12.1 Å². The van der Waals surface area contributed by atoms with Crippen molar-refractivity contribution in [3.8, 4) is 6.07 Å². The molecule has 1 rings (SSSR count). The summed E-state index contributed by atoms with van der Waals surface area (Å²) in [6.45, 7) is 3.71. The summed E-state index contributed by atoms with van der Waals surface area (Å²) in [5, 5.41) is 8.95. The Labute approximate surface area is 87.6 Å². The standard InChI is InChI=1S/C10H9ClN2O/c1-7(14-2)9-5-10(11)13-6-8(9)3-4-12/h5-6H,1,3H2,2H3. The quantitative estimate of drug-likeness (QED) is 0.566. The van der Waals surface area contributed by atoms with E-state index in [1.807, 2.05) is 6.07 Å². The molecule has 14 heavy (non-hydrogen) atoms. The molecule has 0 atom stereocenters. The van der Waals surface area contributed by atoms with Crippen LogP contribution in [-0.2, 0) is 11.2 Å². The van der Waals surface area contributed by atoms with E-state index in [4.69, 9.17) is 21.6 Å². The number of hydrogen-bond donors (Lipinski definition) is 0. The van der Waals surface area contributed by atoms with Crippen molar-refractivity contribution in [2.24, 2.45) is 0 Å². The van der Waals surface area contributed by atoms with Gasteiger partial charge in [-0.3, -0.25) is 0 Å². The summed E-state index contributed by atoms with van der Waals surface area (Å²) in [6.07, 6.45) is 1.83. The topological polar surface area (TPSA) is 45.9 Å². The molecule has 0 amide bonds. The van der Waals surface area contributed by atoms with Crippen molar-refractivity contribution in [2.75, 3.05) is 7.11 Å². The van der Waals surface area contributed by atoms with Gasteiger partial charge in [0.25, 0.3) is 0 Å². The summed E-state index contributed by atoms with van der Waals surface area (Å²) in [7, 11) is 1.52. The SMILES string of the molecule is C=C(OC)c1cc(Cl)ncc1CC#N. The lowest BCUT2D eigenvalue weighted by Crippen LogP contribution is -1.95. The van der Waals surface area contributed by atoms with Gasteiger partial charge in [-0.2, -0.15) is 5.26 Å². The number of rotatable bonds is 3. The van der Waals surface area contributed by atoms with E-state index in [0.717, 1.165) is 11.1 Å². The minimum atomic E-state index is 0.266. The third-order valence-electron chi connectivity index (χ3n) is 1.77. The lowest BCUT2D eigenvalue weighted by atomic mass is 10.1. The fourth-order valence-corrected chi connectivity index (χ4v) is 1.21. The summed E-state index contributed by atoms with van der Waals surface area (Å²) in [5.41, 5.74) is 1.50. The van der Waals surface area contributed by atoms with E-state index in [-0.39, 0.29) is 6.42 Å². The van der Waals surface area contributed by atoms with Gasteiger partial charge in [-0.25, -0.2) is 4.98 Å². The first-order valence-corrected chi connectivity index (χ1v) is 4.31. The molecule has 0 N–H and O–H groups in total. The average molecular weight is 209 g/mol. The molecular weight excluding hydrogens is 200 g/mol. The molecule has 3 nitrogen and oxygen atoms in total. The zero-order valence-electron chi connectivity index (χ0n) is 7.75. The zero-order valence-corrected chi connectivity index (χ0v) is 8.51. The van der Waals surface area contributed by atoms with Crippen LogP contribution < -0.4 is 0 Å². The highest BCUT2D eigenvalue weighted by Crippen LogP contribution is 2.21. The van der Waals surface area contributed by atoms with Crippen LogP contribution in [0.15, 0.2) is 18.8 Å². The molecular formula is C10H9ClN2O. The molecule has 0 unspecified atom stereocenters. The Balaban J connectivity index is 3.16. The number of nitrogens with zero attached hydrogens (tertiary/aromatic N) is 2. The molecule has 1 heterocycles. The Kier molecular flexibility index (Phi) is 3.49. The second-order valence-electron chi connectivity index (χ2n) is 2.63. The molecule has 0 radical (unpaired) electrons. The summed E-state index contributed by atoms with van der Waals surface area (Å²) in [5.74, 6) is 0.486. The number of halogens is 1. The first-order chi connectivity index (χ1) is 6.69. The van der Waals surface area contributed by atoms with Crippen LogP contribution in [0.4, 0.5) is 0 Å². The van der Waals surface area contributed by atoms with E-state index in [2.05, 4.69) is 11.6 Å². The molecule has 1 aromatic rings. The number of nitriles is 1. The summed E-state index contributed by atoms with van der Waals surface area (Å²) in [4.78, 5) is 3.89. The zero-order chi connectivity index (χ0) is 10.6. The minimum Gasteiger partial charge on any atom is -0.497 e. The molecule has 0 bridgehead atoms. The van der Waals surface area contributed by atoms with Crippen LogP contribution in [0, 0.1) is 11.3 Å². The number of ether oxygens (including phenoxy) is 1. The molecule has 0 aliphatic carbocycles. The molecule has 0 saturated carbocycles. The van der Waals surface area contributed by atoms with Crippen molar-refractivity contribution in [1.82, 2.24) is 4.98 Å². The maximum Gasteiger partial charge on any atom is 0.129 e. The van der Waals surface area contributed by atoms with Gasteiger partial charge in [-0.1, -0.05) is 18.2 Å². The number of aromatic nitrogens is 1. The van der Waals surface area contributed by atoms with E-state index in [9.17, 15) is 0 Å². The van der Waals surface area contributed by atoms with Gasteiger partial charge in [-0.15, -0.1) is 0 Å². The predicted molar refractivity (Wildman–Crippen MR) is 54.6 cm³/mol. The molecule has 0 aromatic carbocycles. The minimum absolute atomic E-state index is 0.266. The Hall–Kier alpha value is -1.53. The van der Waals surface area contributed by atoms with Gasteiger partial charge < -0.3 is 4.74 Å². The normalized spacial score (nSPS) is 9.21. The van der Waals surface area contributed by atoms with Crippen molar-refractivity contribution in [2.45, 2.75) is 6.42 Å². The third-order valence-corrected chi connectivity index (χ3v) is 1.98. The van der Waals surface area contributed by atoms with Crippen molar-refractivity contribution < 1.29 is 4.74 Å². The molecule has 0 fully saturated rings. The van der Waals surface area contributed by atoms with Crippen molar-refractivity contribution in [3.05, 3.63) is 35.1 Å². The van der Waals surface area contributed by atoms with Gasteiger partial charge in [0.15, 0.2) is 0 Å². The molecule has 0 aliphatic heterocycles. The second-order valence-corrected chi connectivity index (χ2v) is 3.01. The van der Waals surface area contributed by atoms with E-state index in [1.54, 1.807) is 12.3 Å². The van der Waals surface area contributed by atoms with Crippen LogP contribution in [0.3, 0.4) is 0 Å². The van der Waals surface area contributed by atoms with Crippen molar-refractivity contribution >= 4 is 17.4 Å². The maximum absolute atomic E-state index is 8.59. The molecule has 0 spiro atoms. The van der Waals surface area contributed by atoms with Gasteiger partial charge in [0.1, 0.15) is 10.9 Å². The maximum atomic E-state index is 8.59. The highest BCUT2D eigenvalue weighted by atomic mass is 35.5. The predicted octanol–water partition coefficient (Wildman–Crippen LogP) is 2.42. The average Bonchev–Trinajstić information content (AvgIpc) is 2.20. The summed E-state index contributed by atoms with van der Waals surface area (Å²) < 4.78 is 4.99. The van der Waals surface area contributed by atoms with E-state index in [0.29, 0.717) is 10.9 Å². The number of hydrogen-bond acceptors (Lipinski definition) is 3. The molecule has 72 valence electrons. The van der Waals surface area contributed by atoms with E-state index < -0.39 is 0 Å². The highest BCUT2D eigenvalue weighted by Gasteiger charge is 2.07. The fraction of sp³-hybridized carbons (Fsp3) is 0.200. The van der Waals surface area contributed by atoms with Gasteiger partial charge >= 0.3 is 0 Å². The van der Waals surface area contributed by atoms with E-state index in [1.165, 1.54) is 7.11 Å². The second kappa shape index (κ2) is 4.64.